The second kappa shape index (κ2) is 7.36. The minimum absolute atomic E-state index is 0.123. The van der Waals surface area contributed by atoms with E-state index in [0.29, 0.717) is 5.52 Å². The molecular formula is C16H7Cl2F5N4O. The maximum atomic E-state index is 13.5. The zero-order valence-electron chi connectivity index (χ0n) is 13.4. The molecule has 0 saturated heterocycles. The number of fused-ring (bicyclic) bond motifs is 2. The SMILES string of the molecule is Fc1c(Cl)ccn2cncc12.O=C(c1ncn2ccc(Cl)c(F)c12)C(F)(F)F. The van der Waals surface area contributed by atoms with Crippen molar-refractivity contribution in [2.45, 2.75) is 6.18 Å². The fourth-order valence-corrected chi connectivity index (χ4v) is 2.56. The predicted octanol–water partition coefficient (Wildman–Crippen LogP) is 5.00. The molecule has 4 aromatic heterocycles. The lowest BCUT2D eigenvalue weighted by Crippen LogP contribution is -2.23. The van der Waals surface area contributed by atoms with Gasteiger partial charge in [0.2, 0.25) is 0 Å². The lowest BCUT2D eigenvalue weighted by molar-refractivity contribution is -0.0887. The number of nitrogens with zero attached hydrogens (tertiary/aromatic N) is 4. The number of hydrogen-bond acceptors (Lipinski definition) is 3. The first-order valence-corrected chi connectivity index (χ1v) is 8.04. The summed E-state index contributed by atoms with van der Waals surface area (Å²) in [5.74, 6) is -3.74. The van der Waals surface area contributed by atoms with Gasteiger partial charge >= 0.3 is 6.18 Å². The molecule has 146 valence electrons. The summed E-state index contributed by atoms with van der Waals surface area (Å²) in [5.41, 5.74) is -1.19. The Labute approximate surface area is 162 Å². The number of alkyl halides is 3. The molecule has 0 bridgehead atoms. The van der Waals surface area contributed by atoms with Crippen molar-refractivity contribution in [3.63, 3.8) is 0 Å². The van der Waals surface area contributed by atoms with Gasteiger partial charge in [-0.25, -0.2) is 18.7 Å². The minimum Gasteiger partial charge on any atom is -0.304 e. The van der Waals surface area contributed by atoms with E-state index in [2.05, 4.69) is 9.97 Å². The van der Waals surface area contributed by atoms with Crippen molar-refractivity contribution in [2.75, 3.05) is 0 Å². The lowest BCUT2D eigenvalue weighted by Gasteiger charge is -2.04. The average molecular weight is 437 g/mol. The van der Waals surface area contributed by atoms with E-state index in [1.807, 2.05) is 0 Å². The molecule has 4 rings (SSSR count). The summed E-state index contributed by atoms with van der Waals surface area (Å²) in [5, 5.41) is -0.257. The highest BCUT2D eigenvalue weighted by molar-refractivity contribution is 6.31. The molecule has 4 heterocycles. The van der Waals surface area contributed by atoms with Gasteiger partial charge in [0.1, 0.15) is 23.1 Å². The van der Waals surface area contributed by atoms with Crippen LogP contribution in [-0.4, -0.2) is 30.7 Å². The number of halogens is 7. The van der Waals surface area contributed by atoms with E-state index in [1.165, 1.54) is 24.8 Å². The predicted molar refractivity (Wildman–Crippen MR) is 90.7 cm³/mol. The van der Waals surface area contributed by atoms with E-state index < -0.39 is 34.8 Å². The van der Waals surface area contributed by atoms with E-state index >= 15 is 0 Å². The number of Topliss-reactive ketones (excluding diaryl/α,β-unsaturated/α-hetero) is 1. The Morgan fingerprint density at radius 1 is 0.964 bits per heavy atom. The molecule has 0 atom stereocenters. The van der Waals surface area contributed by atoms with Crippen molar-refractivity contribution in [2.24, 2.45) is 0 Å². The van der Waals surface area contributed by atoms with Gasteiger partial charge in [0, 0.05) is 12.4 Å². The fraction of sp³-hybridized carbons (Fsp3) is 0.0625. The van der Waals surface area contributed by atoms with Crippen molar-refractivity contribution < 1.29 is 26.7 Å². The molecule has 0 amide bonds. The number of imidazole rings is 2. The fourth-order valence-electron chi connectivity index (χ4n) is 2.26. The second-order valence-electron chi connectivity index (χ2n) is 5.32. The number of rotatable bonds is 1. The number of carbonyl (C=O) groups is 1. The summed E-state index contributed by atoms with van der Waals surface area (Å²) < 4.78 is 65.8. The Bertz CT molecular complexity index is 1190. The van der Waals surface area contributed by atoms with Gasteiger partial charge in [0.05, 0.1) is 22.6 Å². The number of carbonyl (C=O) groups excluding carboxylic acids is 1. The van der Waals surface area contributed by atoms with Gasteiger partial charge < -0.3 is 8.80 Å². The molecule has 4 aromatic rings. The molecule has 12 heteroatoms. The normalized spacial score (nSPS) is 11.5. The third kappa shape index (κ3) is 3.65. The first-order valence-electron chi connectivity index (χ1n) is 7.29. The Balaban J connectivity index is 0.000000176. The zero-order chi connectivity index (χ0) is 20.6. The van der Waals surface area contributed by atoms with Crippen LogP contribution in [0, 0.1) is 11.6 Å². The van der Waals surface area contributed by atoms with Crippen LogP contribution in [0.2, 0.25) is 10.0 Å². The molecule has 5 nitrogen and oxygen atoms in total. The van der Waals surface area contributed by atoms with Gasteiger partial charge in [-0.1, -0.05) is 23.2 Å². The molecule has 0 unspecified atom stereocenters. The Hall–Kier alpha value is -2.72. The molecule has 0 aliphatic heterocycles. The maximum absolute atomic E-state index is 13.5. The van der Waals surface area contributed by atoms with E-state index in [4.69, 9.17) is 23.2 Å². The average Bonchev–Trinajstić information content (AvgIpc) is 3.28. The summed E-state index contributed by atoms with van der Waals surface area (Å²) in [6, 6.07) is 2.64. The quantitative estimate of drug-likeness (QED) is 0.311. The Morgan fingerprint density at radius 2 is 1.57 bits per heavy atom. The van der Waals surface area contributed by atoms with Crippen LogP contribution in [0.25, 0.3) is 11.0 Å². The van der Waals surface area contributed by atoms with Crippen molar-refractivity contribution in [3.05, 3.63) is 70.8 Å². The van der Waals surface area contributed by atoms with Crippen LogP contribution in [0.3, 0.4) is 0 Å². The van der Waals surface area contributed by atoms with Crippen LogP contribution in [0.15, 0.2) is 43.4 Å². The molecule has 0 aliphatic carbocycles. The lowest BCUT2D eigenvalue weighted by atomic mass is 10.2. The standard InChI is InChI=1S/C9H3ClF4N2O.C7H4ClFN2/c10-4-1-2-16-3-15-6(7(16)5(4)11)8(17)9(12,13)14;8-5-1-2-11-4-10-3-6(11)7(5)9/h1-3H;1-4H. The minimum atomic E-state index is -5.11. The molecule has 28 heavy (non-hydrogen) atoms. The van der Waals surface area contributed by atoms with Gasteiger partial charge in [-0.2, -0.15) is 13.2 Å². The maximum Gasteiger partial charge on any atom is 0.456 e. The van der Waals surface area contributed by atoms with Crippen LogP contribution >= 0.6 is 23.2 Å². The summed E-state index contributed by atoms with van der Waals surface area (Å²) >= 11 is 11.0. The van der Waals surface area contributed by atoms with Gasteiger partial charge in [-0.05, 0) is 12.1 Å². The first kappa shape index (κ1) is 20.0. The van der Waals surface area contributed by atoms with E-state index in [9.17, 15) is 26.7 Å². The molecular weight excluding hydrogens is 430 g/mol. The van der Waals surface area contributed by atoms with Gasteiger partial charge in [-0.3, -0.25) is 4.79 Å². The third-order valence-corrected chi connectivity index (χ3v) is 4.13. The van der Waals surface area contributed by atoms with Crippen molar-refractivity contribution in [3.8, 4) is 0 Å². The van der Waals surface area contributed by atoms with Crippen LogP contribution in [0.4, 0.5) is 22.0 Å². The van der Waals surface area contributed by atoms with Crippen LogP contribution in [0.1, 0.15) is 10.5 Å². The summed E-state index contributed by atoms with van der Waals surface area (Å²) in [6.07, 6.45) is 1.63. The number of aromatic nitrogens is 4. The molecule has 0 N–H and O–H groups in total. The largest absolute Gasteiger partial charge is 0.456 e. The van der Waals surface area contributed by atoms with E-state index in [1.54, 1.807) is 10.6 Å². The molecule has 0 aromatic carbocycles. The van der Waals surface area contributed by atoms with Gasteiger partial charge in [0.15, 0.2) is 11.6 Å². The number of hydrogen-bond donors (Lipinski definition) is 0. The molecule has 0 aliphatic rings. The molecule has 0 radical (unpaired) electrons. The van der Waals surface area contributed by atoms with E-state index in [0.717, 1.165) is 16.8 Å². The van der Waals surface area contributed by atoms with Crippen molar-refractivity contribution in [1.82, 2.24) is 18.8 Å². The summed E-state index contributed by atoms with van der Waals surface area (Å²) in [6.45, 7) is 0. The second-order valence-corrected chi connectivity index (χ2v) is 6.13. The topological polar surface area (TPSA) is 51.7 Å². The number of pyridine rings is 2. The number of ketones is 1. The molecule has 0 fully saturated rings. The highest BCUT2D eigenvalue weighted by Crippen LogP contribution is 2.27. The highest BCUT2D eigenvalue weighted by Gasteiger charge is 2.42. The monoisotopic (exact) mass is 436 g/mol. The Kier molecular flexibility index (Phi) is 5.26. The molecule has 0 saturated carbocycles. The first-order chi connectivity index (χ1) is 13.1. The smallest absolute Gasteiger partial charge is 0.304 e. The van der Waals surface area contributed by atoms with E-state index in [-0.39, 0.29) is 10.0 Å². The Morgan fingerprint density at radius 3 is 2.21 bits per heavy atom. The van der Waals surface area contributed by atoms with Crippen LogP contribution in [-0.2, 0) is 0 Å². The van der Waals surface area contributed by atoms with Crippen molar-refractivity contribution >= 4 is 40.0 Å². The molecule has 0 spiro atoms. The summed E-state index contributed by atoms with van der Waals surface area (Å²) in [4.78, 5) is 18.0. The van der Waals surface area contributed by atoms with Crippen LogP contribution in [0.5, 0.6) is 0 Å². The summed E-state index contributed by atoms with van der Waals surface area (Å²) in [7, 11) is 0. The highest BCUT2D eigenvalue weighted by atomic mass is 35.5. The van der Waals surface area contributed by atoms with Gasteiger partial charge in [0.25, 0.3) is 5.78 Å². The van der Waals surface area contributed by atoms with Gasteiger partial charge in [-0.15, -0.1) is 0 Å². The third-order valence-electron chi connectivity index (χ3n) is 3.55. The van der Waals surface area contributed by atoms with Crippen molar-refractivity contribution in [1.29, 1.82) is 0 Å². The zero-order valence-corrected chi connectivity index (χ0v) is 14.9. The van der Waals surface area contributed by atoms with Crippen LogP contribution < -0.4 is 0 Å².